The Labute approximate surface area is 171 Å². The lowest BCUT2D eigenvalue weighted by molar-refractivity contribution is -0.0667. The van der Waals surface area contributed by atoms with Crippen molar-refractivity contribution in [3.8, 4) is 0 Å². The number of aromatic amines is 1. The molecule has 162 valence electrons. The molecule has 9 nitrogen and oxygen atoms in total. The normalized spacial score (nSPS) is 25.8. The maximum absolute atomic E-state index is 13.2. The number of nitrogens with zero attached hydrogens (tertiary/aromatic N) is 3. The zero-order valence-corrected chi connectivity index (χ0v) is 17.7. The van der Waals surface area contributed by atoms with Gasteiger partial charge in [-0.3, -0.25) is 9.89 Å². The number of carbonyl (C=O) groups excluding carboxylic acids is 2. The fourth-order valence-corrected chi connectivity index (χ4v) is 3.85. The van der Waals surface area contributed by atoms with Crippen LogP contribution in [0.2, 0.25) is 0 Å². The standard InChI is InChI=1S/C20H32N4O5/c1-13-12-28-15(11-25)10-24(13)18(26)16-8-21-22-17(16)14-6-5-7-23(9-14)19(27)29-20(2,3)4/h8,13-15,25H,5-7,9-12H2,1-4H3,(H,21,22)/t13-,14+,15+/m1/s1. The highest BCUT2D eigenvalue weighted by Gasteiger charge is 2.35. The number of ether oxygens (including phenoxy) is 2. The van der Waals surface area contributed by atoms with Crippen LogP contribution in [0.25, 0.3) is 0 Å². The molecule has 1 aromatic rings. The van der Waals surface area contributed by atoms with Crippen LogP contribution in [0.15, 0.2) is 6.20 Å². The van der Waals surface area contributed by atoms with Crippen LogP contribution in [0, 0.1) is 0 Å². The van der Waals surface area contributed by atoms with Gasteiger partial charge >= 0.3 is 6.09 Å². The van der Waals surface area contributed by atoms with Crippen molar-refractivity contribution in [3.63, 3.8) is 0 Å². The van der Waals surface area contributed by atoms with Crippen LogP contribution in [-0.2, 0) is 9.47 Å². The molecule has 1 aromatic heterocycles. The van der Waals surface area contributed by atoms with E-state index >= 15 is 0 Å². The highest BCUT2D eigenvalue weighted by atomic mass is 16.6. The minimum absolute atomic E-state index is 0.0114. The predicted molar refractivity (Wildman–Crippen MR) is 106 cm³/mol. The van der Waals surface area contributed by atoms with Crippen molar-refractivity contribution in [2.45, 2.75) is 64.2 Å². The third kappa shape index (κ3) is 5.08. The molecule has 2 fully saturated rings. The number of H-pyrrole nitrogens is 1. The zero-order valence-electron chi connectivity index (χ0n) is 17.7. The van der Waals surface area contributed by atoms with Crippen molar-refractivity contribution in [1.29, 1.82) is 0 Å². The summed E-state index contributed by atoms with van der Waals surface area (Å²) >= 11 is 0. The van der Waals surface area contributed by atoms with Crippen molar-refractivity contribution >= 4 is 12.0 Å². The van der Waals surface area contributed by atoms with Gasteiger partial charge in [0.1, 0.15) is 5.60 Å². The number of aromatic nitrogens is 2. The molecular weight excluding hydrogens is 376 g/mol. The number of likely N-dealkylation sites (tertiary alicyclic amines) is 1. The molecule has 3 rings (SSSR count). The Bertz CT molecular complexity index is 729. The summed E-state index contributed by atoms with van der Waals surface area (Å²) in [4.78, 5) is 29.1. The Balaban J connectivity index is 1.73. The number of aliphatic hydroxyl groups excluding tert-OH is 1. The van der Waals surface area contributed by atoms with Crippen molar-refractivity contribution in [3.05, 3.63) is 17.5 Å². The Morgan fingerprint density at radius 2 is 2.14 bits per heavy atom. The molecule has 0 radical (unpaired) electrons. The number of hydrogen-bond donors (Lipinski definition) is 2. The highest BCUT2D eigenvalue weighted by Crippen LogP contribution is 2.30. The summed E-state index contributed by atoms with van der Waals surface area (Å²) in [5, 5.41) is 16.5. The molecular formula is C20H32N4O5. The van der Waals surface area contributed by atoms with Crippen LogP contribution in [0.3, 0.4) is 0 Å². The van der Waals surface area contributed by atoms with Gasteiger partial charge in [0.05, 0.1) is 42.8 Å². The predicted octanol–water partition coefficient (Wildman–Crippen LogP) is 1.75. The lowest BCUT2D eigenvalue weighted by Crippen LogP contribution is -2.52. The van der Waals surface area contributed by atoms with Gasteiger partial charge in [-0.15, -0.1) is 0 Å². The van der Waals surface area contributed by atoms with E-state index in [2.05, 4.69) is 10.2 Å². The van der Waals surface area contributed by atoms with Gasteiger partial charge in [0.2, 0.25) is 0 Å². The summed E-state index contributed by atoms with van der Waals surface area (Å²) in [6.45, 7) is 9.20. The van der Waals surface area contributed by atoms with E-state index in [4.69, 9.17) is 9.47 Å². The van der Waals surface area contributed by atoms with E-state index in [1.807, 2.05) is 27.7 Å². The fraction of sp³-hybridized carbons (Fsp3) is 0.750. The highest BCUT2D eigenvalue weighted by molar-refractivity contribution is 5.95. The lowest BCUT2D eigenvalue weighted by Gasteiger charge is -2.38. The molecule has 0 saturated carbocycles. The summed E-state index contributed by atoms with van der Waals surface area (Å²) in [6, 6.07) is -0.0855. The first-order valence-corrected chi connectivity index (χ1v) is 10.2. The smallest absolute Gasteiger partial charge is 0.410 e. The van der Waals surface area contributed by atoms with Crippen LogP contribution in [0.5, 0.6) is 0 Å². The first-order valence-electron chi connectivity index (χ1n) is 10.2. The maximum atomic E-state index is 13.2. The molecule has 2 aliphatic rings. The van der Waals surface area contributed by atoms with E-state index in [-0.39, 0.29) is 36.7 Å². The number of nitrogens with one attached hydrogen (secondary N) is 1. The molecule has 2 saturated heterocycles. The number of carbonyl (C=O) groups is 2. The quantitative estimate of drug-likeness (QED) is 0.789. The first-order chi connectivity index (χ1) is 13.7. The second kappa shape index (κ2) is 8.71. The largest absolute Gasteiger partial charge is 0.444 e. The summed E-state index contributed by atoms with van der Waals surface area (Å²) < 4.78 is 11.0. The molecule has 3 atom stereocenters. The van der Waals surface area contributed by atoms with E-state index in [0.29, 0.717) is 31.8 Å². The molecule has 3 heterocycles. The minimum atomic E-state index is -0.547. The Morgan fingerprint density at radius 3 is 2.83 bits per heavy atom. The van der Waals surface area contributed by atoms with E-state index < -0.39 is 5.60 Å². The van der Waals surface area contributed by atoms with E-state index in [1.54, 1.807) is 16.0 Å². The Hall–Kier alpha value is -2.13. The Kier molecular flexibility index (Phi) is 6.48. The van der Waals surface area contributed by atoms with Crippen molar-refractivity contribution in [1.82, 2.24) is 20.0 Å². The van der Waals surface area contributed by atoms with E-state index in [0.717, 1.165) is 18.5 Å². The van der Waals surface area contributed by atoms with Gasteiger partial charge in [-0.05, 0) is 40.5 Å². The van der Waals surface area contributed by atoms with Crippen molar-refractivity contribution < 1.29 is 24.2 Å². The average Bonchev–Trinajstić information content (AvgIpc) is 3.16. The third-order valence-corrected chi connectivity index (χ3v) is 5.35. The Morgan fingerprint density at radius 1 is 1.38 bits per heavy atom. The van der Waals surface area contributed by atoms with Gasteiger partial charge in [-0.1, -0.05) is 0 Å². The molecule has 2 N–H and O–H groups in total. The zero-order chi connectivity index (χ0) is 21.2. The molecule has 29 heavy (non-hydrogen) atoms. The van der Waals surface area contributed by atoms with Gasteiger partial charge in [-0.25, -0.2) is 4.79 Å². The molecule has 9 heteroatoms. The van der Waals surface area contributed by atoms with E-state index in [9.17, 15) is 14.7 Å². The fourth-order valence-electron chi connectivity index (χ4n) is 3.85. The van der Waals surface area contributed by atoms with Crippen LogP contribution in [0.4, 0.5) is 4.79 Å². The minimum Gasteiger partial charge on any atom is -0.444 e. The molecule has 0 unspecified atom stereocenters. The SMILES string of the molecule is C[C@@H]1CO[C@H](CO)CN1C(=O)c1cn[nH]c1[C@H]1CCCN(C(=O)OC(C)(C)C)C1. The van der Waals surface area contributed by atoms with Crippen LogP contribution in [0.1, 0.15) is 62.5 Å². The van der Waals surface area contributed by atoms with Gasteiger partial charge in [-0.2, -0.15) is 5.10 Å². The number of morpholine rings is 1. The summed E-state index contributed by atoms with van der Waals surface area (Å²) in [7, 11) is 0. The number of aliphatic hydroxyl groups is 1. The number of rotatable bonds is 3. The van der Waals surface area contributed by atoms with Crippen molar-refractivity contribution in [2.24, 2.45) is 0 Å². The lowest BCUT2D eigenvalue weighted by atomic mass is 9.92. The topological polar surface area (TPSA) is 108 Å². The van der Waals surface area contributed by atoms with Crippen LogP contribution >= 0.6 is 0 Å². The van der Waals surface area contributed by atoms with E-state index in [1.165, 1.54) is 0 Å². The summed E-state index contributed by atoms with van der Waals surface area (Å²) in [5.74, 6) is -0.139. The molecule has 2 aliphatic heterocycles. The number of amides is 2. The maximum Gasteiger partial charge on any atom is 0.410 e. The van der Waals surface area contributed by atoms with Crippen LogP contribution < -0.4 is 0 Å². The summed E-state index contributed by atoms with van der Waals surface area (Å²) in [6.07, 6.45) is 2.54. The van der Waals surface area contributed by atoms with Crippen LogP contribution in [-0.4, -0.2) is 87.7 Å². The first kappa shape index (κ1) is 21.6. The van der Waals surface area contributed by atoms with Gasteiger partial charge in [0.15, 0.2) is 0 Å². The molecule has 0 aromatic carbocycles. The molecule has 0 bridgehead atoms. The van der Waals surface area contributed by atoms with Gasteiger partial charge in [0.25, 0.3) is 5.91 Å². The van der Waals surface area contributed by atoms with Gasteiger partial charge < -0.3 is 24.4 Å². The third-order valence-electron chi connectivity index (χ3n) is 5.35. The molecule has 0 aliphatic carbocycles. The second-order valence-electron chi connectivity index (χ2n) is 8.91. The number of piperidine rings is 1. The number of hydrogen-bond acceptors (Lipinski definition) is 6. The molecule has 0 spiro atoms. The second-order valence-corrected chi connectivity index (χ2v) is 8.91. The average molecular weight is 408 g/mol. The molecule has 2 amide bonds. The van der Waals surface area contributed by atoms with Gasteiger partial charge in [0, 0.05) is 25.6 Å². The summed E-state index contributed by atoms with van der Waals surface area (Å²) in [5.41, 5.74) is 0.725. The monoisotopic (exact) mass is 408 g/mol. The van der Waals surface area contributed by atoms with Crippen molar-refractivity contribution in [2.75, 3.05) is 32.8 Å².